The lowest BCUT2D eigenvalue weighted by Gasteiger charge is -2.39. The van der Waals surface area contributed by atoms with E-state index in [-0.39, 0.29) is 33.8 Å². The molecule has 12 nitrogen and oxygen atoms in total. The molecule has 2 aromatic carbocycles. The fraction of sp³-hybridized carbons (Fsp3) is 0.516. The van der Waals surface area contributed by atoms with E-state index in [1.807, 2.05) is 0 Å². The first kappa shape index (κ1) is 29.8. The van der Waals surface area contributed by atoms with E-state index in [0.717, 1.165) is 51.9 Å². The van der Waals surface area contributed by atoms with Gasteiger partial charge in [0.15, 0.2) is 0 Å². The number of fused-ring (bicyclic) bond motifs is 1. The monoisotopic (exact) mass is 598 g/mol. The van der Waals surface area contributed by atoms with Crippen LogP contribution >= 0.6 is 0 Å². The molecule has 1 aromatic heterocycles. The summed E-state index contributed by atoms with van der Waals surface area (Å²) in [6.07, 6.45) is -1.57. The molecule has 3 saturated heterocycles. The molecule has 5 atom stereocenters. The van der Waals surface area contributed by atoms with Crippen molar-refractivity contribution in [1.29, 1.82) is 0 Å². The van der Waals surface area contributed by atoms with Crippen LogP contribution in [0.1, 0.15) is 36.8 Å². The van der Waals surface area contributed by atoms with Crippen LogP contribution in [0.3, 0.4) is 0 Å². The Bertz CT molecular complexity index is 1500. The molecule has 0 saturated carbocycles. The van der Waals surface area contributed by atoms with Gasteiger partial charge in [0.25, 0.3) is 0 Å². The first-order chi connectivity index (χ1) is 20.8. The standard InChI is InChI=1S/C31H38N2O10/c34-15-22-27(38)28(39)29(40)31(43-22)42-18-7-5-17(6-8-18)21-16-41-30-20(14-33-11-3-4-12-33)24(35)19(13-32-9-1-2-10-32)25(36)23(30)26(21)37/h5-8,16,22,27-29,31,34-36,38-40H,1-4,9-15H2/t22-,27-,28+,29-,31+/m1/s1. The highest BCUT2D eigenvalue weighted by molar-refractivity contribution is 5.92. The second-order valence-corrected chi connectivity index (χ2v) is 11.6. The molecule has 232 valence electrons. The first-order valence-electron chi connectivity index (χ1n) is 14.8. The van der Waals surface area contributed by atoms with Gasteiger partial charge < -0.3 is 44.5 Å². The summed E-state index contributed by atoms with van der Waals surface area (Å²) >= 11 is 0. The molecule has 12 heteroatoms. The quantitative estimate of drug-likeness (QED) is 0.219. The minimum Gasteiger partial charge on any atom is -0.507 e. The van der Waals surface area contributed by atoms with E-state index in [9.17, 15) is 35.4 Å². The molecule has 6 N–H and O–H groups in total. The Morgan fingerprint density at radius 3 is 2.02 bits per heavy atom. The summed E-state index contributed by atoms with van der Waals surface area (Å²) < 4.78 is 17.1. The van der Waals surface area contributed by atoms with Gasteiger partial charge in [0.1, 0.15) is 58.9 Å². The molecule has 0 spiro atoms. The van der Waals surface area contributed by atoms with Gasteiger partial charge in [-0.3, -0.25) is 14.6 Å². The predicted molar refractivity (Wildman–Crippen MR) is 155 cm³/mol. The van der Waals surface area contributed by atoms with Crippen molar-refractivity contribution in [1.82, 2.24) is 9.80 Å². The third kappa shape index (κ3) is 5.72. The molecular formula is C31H38N2O10. The van der Waals surface area contributed by atoms with Crippen LogP contribution in [0.15, 0.2) is 39.7 Å². The zero-order valence-corrected chi connectivity index (χ0v) is 23.8. The van der Waals surface area contributed by atoms with Crippen LogP contribution in [0.25, 0.3) is 22.1 Å². The van der Waals surface area contributed by atoms with Gasteiger partial charge in [0.2, 0.25) is 11.7 Å². The summed E-state index contributed by atoms with van der Waals surface area (Å²) in [5.41, 5.74) is 1.24. The molecule has 3 aromatic rings. The average molecular weight is 599 g/mol. The number of phenolic OH excluding ortho intramolecular Hbond substituents is 2. The number of ether oxygens (including phenoxy) is 2. The van der Waals surface area contributed by atoms with E-state index >= 15 is 0 Å². The molecule has 43 heavy (non-hydrogen) atoms. The highest BCUT2D eigenvalue weighted by atomic mass is 16.7. The van der Waals surface area contributed by atoms with Crippen LogP contribution in [-0.4, -0.2) is 104 Å². The van der Waals surface area contributed by atoms with Crippen molar-refractivity contribution in [2.45, 2.75) is 69.5 Å². The summed E-state index contributed by atoms with van der Waals surface area (Å²) in [6.45, 7) is 3.61. The molecule has 0 amide bonds. The van der Waals surface area contributed by atoms with Crippen molar-refractivity contribution in [3.05, 3.63) is 51.9 Å². The van der Waals surface area contributed by atoms with E-state index in [2.05, 4.69) is 9.80 Å². The molecule has 3 aliphatic rings. The fourth-order valence-electron chi connectivity index (χ4n) is 6.29. The summed E-state index contributed by atoms with van der Waals surface area (Å²) in [5, 5.41) is 62.5. The second-order valence-electron chi connectivity index (χ2n) is 11.6. The van der Waals surface area contributed by atoms with Gasteiger partial charge in [-0.05, 0) is 69.6 Å². The molecule has 3 aliphatic heterocycles. The largest absolute Gasteiger partial charge is 0.507 e. The maximum atomic E-state index is 13.9. The lowest BCUT2D eigenvalue weighted by atomic mass is 9.98. The van der Waals surface area contributed by atoms with Gasteiger partial charge in [-0.2, -0.15) is 0 Å². The molecule has 0 bridgehead atoms. The number of aliphatic hydroxyl groups excluding tert-OH is 4. The normalized spacial score (nSPS) is 26.8. The van der Waals surface area contributed by atoms with Gasteiger partial charge >= 0.3 is 0 Å². The highest BCUT2D eigenvalue weighted by Gasteiger charge is 2.44. The molecule has 0 unspecified atom stereocenters. The van der Waals surface area contributed by atoms with Gasteiger partial charge in [0, 0.05) is 13.1 Å². The number of aromatic hydroxyl groups is 2. The third-order valence-electron chi connectivity index (χ3n) is 8.79. The molecule has 4 heterocycles. The molecule has 0 aliphatic carbocycles. The number of hydrogen-bond donors (Lipinski definition) is 6. The fourth-order valence-corrected chi connectivity index (χ4v) is 6.29. The van der Waals surface area contributed by atoms with Crippen molar-refractivity contribution in [3.8, 4) is 28.4 Å². The SMILES string of the molecule is O=c1c(-c2ccc(O[C@H]3O[C@H](CO)[C@@H](O)[C@H](O)[C@H]3O)cc2)coc2c(CN3CCCC3)c(O)c(CN3CCCC3)c(O)c12. The predicted octanol–water partition coefficient (Wildman–Crippen LogP) is 1.24. The Kier molecular flexibility index (Phi) is 8.60. The zero-order chi connectivity index (χ0) is 30.2. The van der Waals surface area contributed by atoms with Gasteiger partial charge in [-0.25, -0.2) is 0 Å². The number of nitrogens with zero attached hydrogens (tertiary/aromatic N) is 2. The Hall–Kier alpha value is -3.23. The van der Waals surface area contributed by atoms with Crippen molar-refractivity contribution in [3.63, 3.8) is 0 Å². The maximum Gasteiger partial charge on any atom is 0.229 e. The highest BCUT2D eigenvalue weighted by Crippen LogP contribution is 2.41. The van der Waals surface area contributed by atoms with E-state index < -0.39 is 42.7 Å². The first-order valence-corrected chi connectivity index (χ1v) is 14.8. The van der Waals surface area contributed by atoms with E-state index in [0.29, 0.717) is 29.8 Å². The second kappa shape index (κ2) is 12.4. The van der Waals surface area contributed by atoms with Crippen LogP contribution < -0.4 is 10.2 Å². The van der Waals surface area contributed by atoms with Crippen LogP contribution in [0.5, 0.6) is 17.2 Å². The molecular weight excluding hydrogens is 560 g/mol. The van der Waals surface area contributed by atoms with Crippen molar-refractivity contribution < 1.29 is 44.5 Å². The topological polar surface area (TPSA) is 177 Å². The summed E-state index contributed by atoms with van der Waals surface area (Å²) in [6, 6.07) is 6.28. The smallest absolute Gasteiger partial charge is 0.229 e. The number of phenols is 2. The third-order valence-corrected chi connectivity index (χ3v) is 8.79. The van der Waals surface area contributed by atoms with Crippen molar-refractivity contribution in [2.24, 2.45) is 0 Å². The van der Waals surface area contributed by atoms with Crippen LogP contribution in [-0.2, 0) is 17.8 Å². The summed E-state index contributed by atoms with van der Waals surface area (Å²) in [4.78, 5) is 18.3. The Morgan fingerprint density at radius 1 is 0.814 bits per heavy atom. The number of rotatable bonds is 8. The number of hydrogen-bond acceptors (Lipinski definition) is 12. The Morgan fingerprint density at radius 2 is 1.42 bits per heavy atom. The summed E-state index contributed by atoms with van der Waals surface area (Å²) in [5.74, 6) is -0.0658. The van der Waals surface area contributed by atoms with Crippen molar-refractivity contribution in [2.75, 3.05) is 32.8 Å². The van der Waals surface area contributed by atoms with E-state index in [1.54, 1.807) is 12.1 Å². The Labute approximate surface area is 247 Å². The van der Waals surface area contributed by atoms with E-state index in [1.165, 1.54) is 18.4 Å². The Balaban J connectivity index is 1.33. The van der Waals surface area contributed by atoms with Gasteiger partial charge in [-0.15, -0.1) is 0 Å². The van der Waals surface area contributed by atoms with Gasteiger partial charge in [-0.1, -0.05) is 12.1 Å². The van der Waals surface area contributed by atoms with Crippen molar-refractivity contribution >= 4 is 11.0 Å². The number of aliphatic hydroxyl groups is 4. The lowest BCUT2D eigenvalue weighted by molar-refractivity contribution is -0.277. The maximum absolute atomic E-state index is 13.9. The average Bonchev–Trinajstić information content (AvgIpc) is 3.73. The summed E-state index contributed by atoms with van der Waals surface area (Å²) in [7, 11) is 0. The minimum atomic E-state index is -1.57. The minimum absolute atomic E-state index is 0.0281. The number of benzene rings is 2. The molecule has 6 rings (SSSR count). The molecule has 3 fully saturated rings. The van der Waals surface area contributed by atoms with Crippen LogP contribution in [0.4, 0.5) is 0 Å². The lowest BCUT2D eigenvalue weighted by Crippen LogP contribution is -2.60. The van der Waals surface area contributed by atoms with Crippen LogP contribution in [0, 0.1) is 0 Å². The van der Waals surface area contributed by atoms with Gasteiger partial charge in [0.05, 0.1) is 23.3 Å². The molecule has 0 radical (unpaired) electrons. The zero-order valence-electron chi connectivity index (χ0n) is 23.8. The van der Waals surface area contributed by atoms with E-state index in [4.69, 9.17) is 13.9 Å². The van der Waals surface area contributed by atoms with Crippen LogP contribution in [0.2, 0.25) is 0 Å². The number of likely N-dealkylation sites (tertiary alicyclic amines) is 2.